The van der Waals surface area contributed by atoms with Crippen LogP contribution in [0.2, 0.25) is 0 Å². The molecule has 1 fully saturated rings. The molecule has 4 aromatic rings. The maximum atomic E-state index is 13.8. The van der Waals surface area contributed by atoms with Gasteiger partial charge in [-0.1, -0.05) is 60.7 Å². The van der Waals surface area contributed by atoms with Crippen LogP contribution in [-0.4, -0.2) is 28.5 Å². The number of imide groups is 1. The molecule has 0 aliphatic carbocycles. The van der Waals surface area contributed by atoms with E-state index in [0.29, 0.717) is 0 Å². The summed E-state index contributed by atoms with van der Waals surface area (Å²) >= 11 is 0.790. The molecule has 0 aromatic heterocycles. The average molecular weight is 456 g/mol. The van der Waals surface area contributed by atoms with Crippen molar-refractivity contribution in [2.24, 2.45) is 0 Å². The predicted molar refractivity (Wildman–Crippen MR) is 129 cm³/mol. The van der Waals surface area contributed by atoms with Crippen LogP contribution >= 0.6 is 11.8 Å². The summed E-state index contributed by atoms with van der Waals surface area (Å²) in [5.41, 5.74) is 0.831. The van der Waals surface area contributed by atoms with E-state index in [9.17, 15) is 18.8 Å². The molecule has 5 nitrogen and oxygen atoms in total. The largest absolute Gasteiger partial charge is 0.322 e. The molecule has 4 aromatic carbocycles. The number of thioether (sulfide) groups is 1. The third-order valence-electron chi connectivity index (χ3n) is 5.41. The molecule has 1 N–H and O–H groups in total. The predicted octanol–water partition coefficient (Wildman–Crippen LogP) is 5.81. The van der Waals surface area contributed by atoms with E-state index in [-0.39, 0.29) is 10.6 Å². The van der Waals surface area contributed by atoms with Gasteiger partial charge in [-0.25, -0.2) is 4.39 Å². The number of carbonyl (C=O) groups is 3. The molecule has 1 aliphatic rings. The number of para-hydroxylation sites is 1. The van der Waals surface area contributed by atoms with Gasteiger partial charge in [0.25, 0.3) is 11.1 Å². The zero-order chi connectivity index (χ0) is 22.9. The molecule has 1 heterocycles. The van der Waals surface area contributed by atoms with Crippen LogP contribution in [0.1, 0.15) is 5.56 Å². The van der Waals surface area contributed by atoms with Gasteiger partial charge < -0.3 is 5.32 Å². The second-order valence-corrected chi connectivity index (χ2v) is 8.52. The highest BCUT2D eigenvalue weighted by Crippen LogP contribution is 2.36. The molecule has 5 rings (SSSR count). The lowest BCUT2D eigenvalue weighted by Crippen LogP contribution is -2.36. The molecule has 7 heteroatoms. The molecule has 0 atom stereocenters. The van der Waals surface area contributed by atoms with Crippen LogP contribution in [0.3, 0.4) is 0 Å². The summed E-state index contributed by atoms with van der Waals surface area (Å²) in [6.07, 6.45) is 1.71. The zero-order valence-corrected chi connectivity index (χ0v) is 18.1. The van der Waals surface area contributed by atoms with Gasteiger partial charge >= 0.3 is 0 Å². The summed E-state index contributed by atoms with van der Waals surface area (Å²) in [5.74, 6) is -1.80. The summed E-state index contributed by atoms with van der Waals surface area (Å²) in [4.78, 5) is 39.0. The molecule has 0 unspecified atom stereocenters. The van der Waals surface area contributed by atoms with Crippen molar-refractivity contribution in [1.29, 1.82) is 0 Å². The fraction of sp³-hybridized carbons (Fsp3) is 0.0385. The number of halogens is 1. The minimum atomic E-state index is -0.653. The third kappa shape index (κ3) is 3.99. The number of nitrogens with one attached hydrogen (secondary N) is 1. The van der Waals surface area contributed by atoms with E-state index < -0.39 is 29.4 Å². The Morgan fingerprint density at radius 3 is 2.18 bits per heavy atom. The Morgan fingerprint density at radius 2 is 1.52 bits per heavy atom. The van der Waals surface area contributed by atoms with E-state index >= 15 is 0 Å². The summed E-state index contributed by atoms with van der Waals surface area (Å²) in [5, 5.41) is 5.82. The molecule has 33 heavy (non-hydrogen) atoms. The van der Waals surface area contributed by atoms with E-state index in [0.717, 1.165) is 43.8 Å². The number of hydrogen-bond acceptors (Lipinski definition) is 4. The minimum absolute atomic E-state index is 0.00719. The number of rotatable bonds is 4. The lowest BCUT2D eigenvalue weighted by Gasteiger charge is -2.13. The van der Waals surface area contributed by atoms with E-state index in [2.05, 4.69) is 11.4 Å². The first-order chi connectivity index (χ1) is 16.0. The van der Waals surface area contributed by atoms with Crippen LogP contribution in [0.25, 0.3) is 27.6 Å². The van der Waals surface area contributed by atoms with Crippen LogP contribution in [0.15, 0.2) is 83.8 Å². The van der Waals surface area contributed by atoms with Crippen molar-refractivity contribution in [1.82, 2.24) is 4.90 Å². The fourth-order valence-corrected chi connectivity index (χ4v) is 4.69. The second kappa shape index (κ2) is 8.52. The molecule has 0 radical (unpaired) electrons. The average Bonchev–Trinajstić information content (AvgIpc) is 3.07. The first-order valence-electron chi connectivity index (χ1n) is 10.2. The smallest absolute Gasteiger partial charge is 0.294 e. The fourth-order valence-electron chi connectivity index (χ4n) is 3.87. The Labute approximate surface area is 192 Å². The number of fused-ring (bicyclic) bond motifs is 2. The zero-order valence-electron chi connectivity index (χ0n) is 17.2. The summed E-state index contributed by atoms with van der Waals surface area (Å²) in [6.45, 7) is -0.493. The monoisotopic (exact) mass is 456 g/mol. The van der Waals surface area contributed by atoms with Crippen molar-refractivity contribution in [2.45, 2.75) is 0 Å². The highest BCUT2D eigenvalue weighted by atomic mass is 32.2. The van der Waals surface area contributed by atoms with Crippen molar-refractivity contribution < 1.29 is 18.8 Å². The molecule has 1 saturated heterocycles. The Morgan fingerprint density at radius 1 is 0.909 bits per heavy atom. The molecule has 162 valence electrons. The lowest BCUT2D eigenvalue weighted by molar-refractivity contribution is -0.127. The van der Waals surface area contributed by atoms with Crippen molar-refractivity contribution in [2.75, 3.05) is 11.9 Å². The van der Waals surface area contributed by atoms with E-state index in [4.69, 9.17) is 0 Å². The number of carbonyl (C=O) groups excluding carboxylic acids is 3. The van der Waals surface area contributed by atoms with E-state index in [1.165, 1.54) is 18.2 Å². The molecule has 0 saturated carbocycles. The van der Waals surface area contributed by atoms with Crippen LogP contribution in [-0.2, 0) is 9.59 Å². The van der Waals surface area contributed by atoms with Crippen LogP contribution < -0.4 is 5.32 Å². The van der Waals surface area contributed by atoms with Crippen LogP contribution in [0, 0.1) is 5.82 Å². The number of benzene rings is 4. The topological polar surface area (TPSA) is 66.5 Å². The normalized spacial score (nSPS) is 15.1. The van der Waals surface area contributed by atoms with Crippen LogP contribution in [0.5, 0.6) is 0 Å². The Bertz CT molecular complexity index is 1430. The van der Waals surface area contributed by atoms with Gasteiger partial charge in [-0.05, 0) is 63.1 Å². The SMILES string of the molecule is O=C(CN1C(=O)SC(=Cc2c3ccccc3cc3ccccc23)C1=O)Nc1ccccc1F. The number of hydrogen-bond donors (Lipinski definition) is 1. The maximum Gasteiger partial charge on any atom is 0.294 e. The van der Waals surface area contributed by atoms with Crippen molar-refractivity contribution >= 4 is 62.1 Å². The Kier molecular flexibility index (Phi) is 5.40. The molecular weight excluding hydrogens is 439 g/mol. The molecule has 1 aliphatic heterocycles. The van der Waals surface area contributed by atoms with Crippen molar-refractivity contribution in [3.63, 3.8) is 0 Å². The summed E-state index contributed by atoms with van der Waals surface area (Å²) in [7, 11) is 0. The van der Waals surface area contributed by atoms with Crippen molar-refractivity contribution in [3.8, 4) is 0 Å². The first kappa shape index (κ1) is 20.9. The lowest BCUT2D eigenvalue weighted by atomic mass is 9.96. The Balaban J connectivity index is 1.47. The maximum absolute atomic E-state index is 13.8. The van der Waals surface area contributed by atoms with Gasteiger partial charge in [0.2, 0.25) is 5.91 Å². The van der Waals surface area contributed by atoms with E-state index in [1.54, 1.807) is 12.1 Å². The van der Waals surface area contributed by atoms with Crippen molar-refractivity contribution in [3.05, 3.63) is 95.1 Å². The molecule has 0 bridgehead atoms. The number of anilines is 1. The van der Waals surface area contributed by atoms with Gasteiger partial charge in [0.1, 0.15) is 12.4 Å². The van der Waals surface area contributed by atoms with Gasteiger partial charge in [-0.15, -0.1) is 0 Å². The second-order valence-electron chi connectivity index (χ2n) is 7.53. The highest BCUT2D eigenvalue weighted by Gasteiger charge is 2.36. The highest BCUT2D eigenvalue weighted by molar-refractivity contribution is 8.18. The minimum Gasteiger partial charge on any atom is -0.322 e. The molecule has 3 amide bonds. The molecule has 0 spiro atoms. The number of nitrogens with zero attached hydrogens (tertiary/aromatic N) is 1. The number of amides is 3. The van der Waals surface area contributed by atoms with Gasteiger partial charge in [0.05, 0.1) is 10.6 Å². The van der Waals surface area contributed by atoms with Gasteiger partial charge in [0, 0.05) is 0 Å². The standard InChI is InChI=1S/C26H17FN2O3S/c27-21-11-5-6-12-22(21)28-24(30)15-29-25(31)23(33-26(29)32)14-20-18-9-3-1-7-16(18)13-17-8-2-4-10-19(17)20/h1-14H,15H2,(H,28,30). The Hall–Kier alpha value is -3.97. The van der Waals surface area contributed by atoms with Gasteiger partial charge in [-0.3, -0.25) is 19.3 Å². The first-order valence-corrected chi connectivity index (χ1v) is 11.0. The van der Waals surface area contributed by atoms with Gasteiger partial charge in [-0.2, -0.15) is 0 Å². The van der Waals surface area contributed by atoms with E-state index in [1.807, 2.05) is 48.5 Å². The van der Waals surface area contributed by atoms with Crippen LogP contribution in [0.4, 0.5) is 14.9 Å². The summed E-state index contributed by atoms with van der Waals surface area (Å²) < 4.78 is 13.8. The third-order valence-corrected chi connectivity index (χ3v) is 6.32. The quantitative estimate of drug-likeness (QED) is 0.311. The molecular formula is C26H17FN2O3S. The summed E-state index contributed by atoms with van der Waals surface area (Å²) in [6, 6.07) is 23.5. The van der Waals surface area contributed by atoms with Gasteiger partial charge in [0.15, 0.2) is 0 Å².